The molecule has 4 rings (SSSR count). The van der Waals surface area contributed by atoms with E-state index in [4.69, 9.17) is 4.74 Å². The molecule has 0 spiro atoms. The van der Waals surface area contributed by atoms with E-state index in [-0.39, 0.29) is 5.78 Å². The number of carbonyl (C=O) groups excluding carboxylic acids is 1. The Morgan fingerprint density at radius 2 is 1.56 bits per heavy atom. The summed E-state index contributed by atoms with van der Waals surface area (Å²) >= 11 is 3.40. The molecular weight excluding hydrogens is 402 g/mol. The third kappa shape index (κ3) is 4.44. The number of hydrogen-bond donors (Lipinski definition) is 0. The van der Waals surface area contributed by atoms with Crippen LogP contribution in [-0.2, 0) is 0 Å². The fourth-order valence-corrected chi connectivity index (χ4v) is 4.68. The molecule has 1 heterocycles. The lowest BCUT2D eigenvalue weighted by molar-refractivity contribution is 0.103. The van der Waals surface area contributed by atoms with Gasteiger partial charge in [0.2, 0.25) is 0 Å². The van der Waals surface area contributed by atoms with Crippen LogP contribution in [0.4, 0.5) is 0 Å². The van der Waals surface area contributed by atoms with Crippen LogP contribution in [0, 0.1) is 0 Å². The Bertz CT molecular complexity index is 766. The quantitative estimate of drug-likeness (QED) is 0.572. The van der Waals surface area contributed by atoms with E-state index in [1.54, 1.807) is 0 Å². The van der Waals surface area contributed by atoms with Crippen LogP contribution in [0.5, 0.6) is 5.75 Å². The highest BCUT2D eigenvalue weighted by Crippen LogP contribution is 2.30. The summed E-state index contributed by atoms with van der Waals surface area (Å²) in [6.07, 6.45) is 7.97. The number of hydrogen-bond acceptors (Lipinski definition) is 3. The average Bonchev–Trinajstić information content (AvgIpc) is 3.38. The van der Waals surface area contributed by atoms with Crippen LogP contribution in [0.15, 0.2) is 53.0 Å². The van der Waals surface area contributed by atoms with Crippen molar-refractivity contribution in [2.45, 2.75) is 50.6 Å². The smallest absolute Gasteiger partial charge is 0.193 e. The number of carbonyl (C=O) groups is 1. The zero-order chi connectivity index (χ0) is 18.6. The minimum Gasteiger partial charge on any atom is -0.492 e. The molecule has 1 saturated heterocycles. The van der Waals surface area contributed by atoms with E-state index in [1.807, 2.05) is 48.5 Å². The number of rotatable bonds is 6. The molecular formula is C23H26BrNO2. The van der Waals surface area contributed by atoms with E-state index in [1.165, 1.54) is 45.1 Å². The van der Waals surface area contributed by atoms with Crippen molar-refractivity contribution in [2.24, 2.45) is 0 Å². The maximum Gasteiger partial charge on any atom is 0.193 e. The number of halogens is 1. The summed E-state index contributed by atoms with van der Waals surface area (Å²) in [5.41, 5.74) is 1.39. The van der Waals surface area contributed by atoms with Gasteiger partial charge in [0.1, 0.15) is 12.4 Å². The minimum absolute atomic E-state index is 0.0391. The van der Waals surface area contributed by atoms with Gasteiger partial charge in [0, 0.05) is 27.7 Å². The fourth-order valence-electron chi connectivity index (χ4n) is 4.42. The van der Waals surface area contributed by atoms with E-state index in [0.717, 1.165) is 22.9 Å². The molecule has 0 radical (unpaired) electrons. The molecule has 142 valence electrons. The third-order valence-corrected chi connectivity index (χ3v) is 6.41. The van der Waals surface area contributed by atoms with E-state index < -0.39 is 0 Å². The molecule has 2 aromatic rings. The SMILES string of the molecule is O=C(c1ccc(Br)cc1)c1ccc(OCC2CCCN2C2CCCC2)cc1. The summed E-state index contributed by atoms with van der Waals surface area (Å²) < 4.78 is 7.05. The van der Waals surface area contributed by atoms with Crippen LogP contribution in [0.3, 0.4) is 0 Å². The van der Waals surface area contributed by atoms with Crippen molar-refractivity contribution in [2.75, 3.05) is 13.2 Å². The number of benzene rings is 2. The maximum absolute atomic E-state index is 12.6. The standard InChI is InChI=1S/C23H26BrNO2/c24-19-11-7-17(8-12-19)23(26)18-9-13-22(14-10-18)27-16-21-6-3-15-25(21)20-4-1-2-5-20/h7-14,20-21H,1-6,15-16H2. The van der Waals surface area contributed by atoms with Gasteiger partial charge >= 0.3 is 0 Å². The molecule has 1 aliphatic heterocycles. The molecule has 1 unspecified atom stereocenters. The Labute approximate surface area is 169 Å². The van der Waals surface area contributed by atoms with Crippen LogP contribution in [0.25, 0.3) is 0 Å². The highest BCUT2D eigenvalue weighted by molar-refractivity contribution is 9.10. The van der Waals surface area contributed by atoms with Gasteiger partial charge in [-0.15, -0.1) is 0 Å². The lowest BCUT2D eigenvalue weighted by Crippen LogP contribution is -2.40. The lowest BCUT2D eigenvalue weighted by Gasteiger charge is -2.30. The Morgan fingerprint density at radius 3 is 2.22 bits per heavy atom. The molecule has 0 N–H and O–H groups in total. The second-order valence-corrected chi connectivity index (χ2v) is 8.56. The Kier molecular flexibility index (Phi) is 5.94. The number of nitrogens with zero attached hydrogens (tertiary/aromatic N) is 1. The highest BCUT2D eigenvalue weighted by atomic mass is 79.9. The molecule has 4 heteroatoms. The van der Waals surface area contributed by atoms with Gasteiger partial charge in [-0.2, -0.15) is 0 Å². The van der Waals surface area contributed by atoms with Crippen LogP contribution in [-0.4, -0.2) is 35.9 Å². The second kappa shape index (κ2) is 8.57. The summed E-state index contributed by atoms with van der Waals surface area (Å²) in [7, 11) is 0. The molecule has 3 nitrogen and oxygen atoms in total. The predicted molar refractivity (Wildman–Crippen MR) is 111 cm³/mol. The molecule has 0 bridgehead atoms. The average molecular weight is 428 g/mol. The topological polar surface area (TPSA) is 29.5 Å². The van der Waals surface area contributed by atoms with Gasteiger partial charge in [-0.05, 0) is 80.8 Å². The first-order chi connectivity index (χ1) is 13.2. The highest BCUT2D eigenvalue weighted by Gasteiger charge is 2.32. The van der Waals surface area contributed by atoms with E-state index in [2.05, 4.69) is 20.8 Å². The van der Waals surface area contributed by atoms with Gasteiger partial charge in [-0.1, -0.05) is 28.8 Å². The largest absolute Gasteiger partial charge is 0.492 e. The van der Waals surface area contributed by atoms with Crippen LogP contribution >= 0.6 is 15.9 Å². The first-order valence-corrected chi connectivity index (χ1v) is 10.8. The van der Waals surface area contributed by atoms with E-state index >= 15 is 0 Å². The van der Waals surface area contributed by atoms with Crippen molar-refractivity contribution in [1.82, 2.24) is 4.90 Å². The third-order valence-electron chi connectivity index (χ3n) is 5.88. The van der Waals surface area contributed by atoms with E-state index in [9.17, 15) is 4.79 Å². The second-order valence-electron chi connectivity index (χ2n) is 7.64. The lowest BCUT2D eigenvalue weighted by atomic mass is 10.0. The molecule has 2 fully saturated rings. The first kappa shape index (κ1) is 18.7. The van der Waals surface area contributed by atoms with Gasteiger partial charge in [0.05, 0.1) is 0 Å². The first-order valence-electron chi connectivity index (χ1n) is 9.99. The normalized spacial score (nSPS) is 20.9. The molecule has 0 amide bonds. The molecule has 2 aliphatic rings. The van der Waals surface area contributed by atoms with E-state index in [0.29, 0.717) is 17.2 Å². The molecule has 0 aromatic heterocycles. The molecule has 1 atom stereocenters. The zero-order valence-corrected chi connectivity index (χ0v) is 17.2. The van der Waals surface area contributed by atoms with Gasteiger partial charge < -0.3 is 4.74 Å². The van der Waals surface area contributed by atoms with Crippen LogP contribution in [0.2, 0.25) is 0 Å². The minimum atomic E-state index is 0.0391. The Balaban J connectivity index is 1.35. The summed E-state index contributed by atoms with van der Waals surface area (Å²) in [5.74, 6) is 0.887. The fraction of sp³-hybridized carbons (Fsp3) is 0.435. The summed E-state index contributed by atoms with van der Waals surface area (Å²) in [6.45, 7) is 1.97. The van der Waals surface area contributed by atoms with Crippen molar-refractivity contribution >= 4 is 21.7 Å². The molecule has 1 aliphatic carbocycles. The maximum atomic E-state index is 12.6. The Morgan fingerprint density at radius 1 is 0.926 bits per heavy atom. The predicted octanol–water partition coefficient (Wildman–Crippen LogP) is 5.47. The number of ether oxygens (including phenoxy) is 1. The van der Waals surface area contributed by atoms with Crippen LogP contribution in [0.1, 0.15) is 54.4 Å². The van der Waals surface area contributed by atoms with Crippen molar-refractivity contribution in [3.8, 4) is 5.75 Å². The van der Waals surface area contributed by atoms with Crippen LogP contribution < -0.4 is 4.74 Å². The van der Waals surface area contributed by atoms with Gasteiger partial charge in [-0.25, -0.2) is 0 Å². The zero-order valence-electron chi connectivity index (χ0n) is 15.6. The van der Waals surface area contributed by atoms with Gasteiger partial charge in [-0.3, -0.25) is 9.69 Å². The monoisotopic (exact) mass is 427 g/mol. The molecule has 2 aromatic carbocycles. The van der Waals surface area contributed by atoms with Crippen molar-refractivity contribution in [1.29, 1.82) is 0 Å². The summed E-state index contributed by atoms with van der Waals surface area (Å²) in [5, 5.41) is 0. The molecule has 1 saturated carbocycles. The summed E-state index contributed by atoms with van der Waals surface area (Å²) in [4.78, 5) is 15.2. The van der Waals surface area contributed by atoms with Gasteiger partial charge in [0.25, 0.3) is 0 Å². The summed E-state index contributed by atoms with van der Waals surface area (Å²) in [6, 6.07) is 16.3. The number of ketones is 1. The van der Waals surface area contributed by atoms with Crippen molar-refractivity contribution in [3.63, 3.8) is 0 Å². The Hall–Kier alpha value is -1.65. The van der Waals surface area contributed by atoms with Crippen molar-refractivity contribution in [3.05, 3.63) is 64.1 Å². The van der Waals surface area contributed by atoms with Crippen molar-refractivity contribution < 1.29 is 9.53 Å². The number of likely N-dealkylation sites (tertiary alicyclic amines) is 1. The molecule has 27 heavy (non-hydrogen) atoms. The van der Waals surface area contributed by atoms with Gasteiger partial charge in [0.15, 0.2) is 5.78 Å².